The topological polar surface area (TPSA) is 28.2 Å². The Balaban J connectivity index is 1.44. The maximum absolute atomic E-state index is 3.43. The van der Waals surface area contributed by atoms with Gasteiger partial charge in [0, 0.05) is 78.5 Å². The highest BCUT2D eigenvalue weighted by molar-refractivity contribution is 4.75. The third-order valence-electron chi connectivity index (χ3n) is 4.61. The van der Waals surface area contributed by atoms with Crippen LogP contribution in [0.4, 0.5) is 0 Å². The Kier molecular flexibility index (Phi) is 4.68. The Hall–Kier alpha value is -0.240. The van der Waals surface area contributed by atoms with Gasteiger partial charge in [-0.15, -0.1) is 0 Å². The fourth-order valence-electron chi connectivity index (χ4n) is 3.27. The monoisotopic (exact) mass is 268 g/mol. The standard InChI is InChI=1S/C13H28N6/c1-15-6-8-17(9-7-15)19-12-10-18(11-13-19)16-4-2-14-3-5-16/h14H,2-13H2,1H3. The van der Waals surface area contributed by atoms with Crippen LogP contribution in [0.3, 0.4) is 0 Å². The molecule has 1 N–H and O–H groups in total. The Bertz CT molecular complexity index is 264. The van der Waals surface area contributed by atoms with E-state index < -0.39 is 0 Å². The normalized spacial score (nSPS) is 30.8. The molecule has 3 rings (SSSR count). The minimum atomic E-state index is 1.14. The summed E-state index contributed by atoms with van der Waals surface area (Å²) in [6.45, 7) is 14.2. The predicted molar refractivity (Wildman–Crippen MR) is 76.7 cm³/mol. The van der Waals surface area contributed by atoms with Gasteiger partial charge in [0.15, 0.2) is 0 Å². The summed E-state index contributed by atoms with van der Waals surface area (Å²) < 4.78 is 0. The second-order valence-corrected chi connectivity index (χ2v) is 5.87. The van der Waals surface area contributed by atoms with Crippen molar-refractivity contribution in [2.45, 2.75) is 0 Å². The van der Waals surface area contributed by atoms with Crippen molar-refractivity contribution in [2.75, 3.05) is 85.6 Å². The number of hydrazine groups is 2. The molecule has 3 fully saturated rings. The van der Waals surface area contributed by atoms with E-state index >= 15 is 0 Å². The first-order chi connectivity index (χ1) is 9.33. The highest BCUT2D eigenvalue weighted by atomic mass is 15.7. The van der Waals surface area contributed by atoms with Crippen molar-refractivity contribution in [1.29, 1.82) is 0 Å². The molecule has 3 heterocycles. The zero-order chi connectivity index (χ0) is 13.1. The maximum Gasteiger partial charge on any atom is 0.0275 e. The molecule has 0 spiro atoms. The average molecular weight is 268 g/mol. The molecule has 0 aliphatic carbocycles. The first kappa shape index (κ1) is 13.7. The highest BCUT2D eigenvalue weighted by Crippen LogP contribution is 2.11. The molecule has 0 aromatic rings. The molecule has 0 radical (unpaired) electrons. The van der Waals surface area contributed by atoms with Crippen LogP contribution in [0.2, 0.25) is 0 Å². The van der Waals surface area contributed by atoms with Gasteiger partial charge in [0.2, 0.25) is 0 Å². The summed E-state index contributed by atoms with van der Waals surface area (Å²) in [7, 11) is 2.22. The van der Waals surface area contributed by atoms with Gasteiger partial charge in [-0.1, -0.05) is 0 Å². The third kappa shape index (κ3) is 3.45. The van der Waals surface area contributed by atoms with Crippen molar-refractivity contribution < 1.29 is 0 Å². The molecule has 6 nitrogen and oxygen atoms in total. The van der Waals surface area contributed by atoms with E-state index in [1.165, 1.54) is 65.4 Å². The van der Waals surface area contributed by atoms with Gasteiger partial charge in [-0.3, -0.25) is 0 Å². The summed E-state index contributed by atoms with van der Waals surface area (Å²) in [5.41, 5.74) is 0. The minimum absolute atomic E-state index is 1.14. The molecule has 3 aliphatic heterocycles. The number of piperazine rings is 3. The quantitative estimate of drug-likeness (QED) is 0.661. The molecular weight excluding hydrogens is 240 g/mol. The summed E-state index contributed by atoms with van der Waals surface area (Å²) in [4.78, 5) is 2.42. The van der Waals surface area contributed by atoms with Gasteiger partial charge in [0.1, 0.15) is 0 Å². The zero-order valence-electron chi connectivity index (χ0n) is 12.2. The van der Waals surface area contributed by atoms with Gasteiger partial charge >= 0.3 is 0 Å². The predicted octanol–water partition coefficient (Wildman–Crippen LogP) is -1.41. The highest BCUT2D eigenvalue weighted by Gasteiger charge is 2.27. The lowest BCUT2D eigenvalue weighted by Gasteiger charge is -2.47. The van der Waals surface area contributed by atoms with Crippen molar-refractivity contribution in [2.24, 2.45) is 0 Å². The number of likely N-dealkylation sites (N-methyl/N-ethyl adjacent to an activating group) is 1. The summed E-state index contributed by atoms with van der Waals surface area (Å²) in [6, 6.07) is 0. The van der Waals surface area contributed by atoms with Gasteiger partial charge in [0.25, 0.3) is 0 Å². The molecule has 0 amide bonds. The molecule has 0 bridgehead atoms. The van der Waals surface area contributed by atoms with E-state index in [4.69, 9.17) is 0 Å². The van der Waals surface area contributed by atoms with Gasteiger partial charge in [0.05, 0.1) is 0 Å². The van der Waals surface area contributed by atoms with Gasteiger partial charge in [-0.2, -0.15) is 0 Å². The van der Waals surface area contributed by atoms with Crippen LogP contribution < -0.4 is 5.32 Å². The Morgan fingerprint density at radius 3 is 1.37 bits per heavy atom. The molecule has 3 saturated heterocycles. The molecule has 110 valence electrons. The second kappa shape index (κ2) is 6.47. The van der Waals surface area contributed by atoms with Crippen LogP contribution in [-0.2, 0) is 0 Å². The average Bonchev–Trinajstić information content (AvgIpc) is 2.49. The molecule has 6 heteroatoms. The first-order valence-corrected chi connectivity index (χ1v) is 7.72. The van der Waals surface area contributed by atoms with Gasteiger partial charge in [-0.05, 0) is 7.05 Å². The van der Waals surface area contributed by atoms with Crippen molar-refractivity contribution in [3.8, 4) is 0 Å². The lowest BCUT2D eigenvalue weighted by Crippen LogP contribution is -2.62. The number of rotatable bonds is 2. The van der Waals surface area contributed by atoms with E-state index in [0.29, 0.717) is 0 Å². The lowest BCUT2D eigenvalue weighted by molar-refractivity contribution is -0.127. The summed E-state index contributed by atoms with van der Waals surface area (Å²) >= 11 is 0. The van der Waals surface area contributed by atoms with Crippen LogP contribution in [0.1, 0.15) is 0 Å². The molecule has 0 aromatic heterocycles. The molecule has 19 heavy (non-hydrogen) atoms. The number of nitrogens with zero attached hydrogens (tertiary/aromatic N) is 5. The van der Waals surface area contributed by atoms with Crippen molar-refractivity contribution in [3.05, 3.63) is 0 Å². The summed E-state index contributed by atoms with van der Waals surface area (Å²) in [5, 5.41) is 13.7. The Labute approximate surface area is 116 Å². The molecule has 0 atom stereocenters. The van der Waals surface area contributed by atoms with Gasteiger partial charge in [-0.25, -0.2) is 20.0 Å². The molecular formula is C13H28N6. The van der Waals surface area contributed by atoms with Crippen molar-refractivity contribution in [1.82, 2.24) is 30.3 Å². The summed E-state index contributed by atoms with van der Waals surface area (Å²) in [5.74, 6) is 0. The van der Waals surface area contributed by atoms with Crippen molar-refractivity contribution >= 4 is 0 Å². The molecule has 3 aliphatic rings. The van der Waals surface area contributed by atoms with E-state index in [0.717, 1.165) is 13.1 Å². The van der Waals surface area contributed by atoms with Crippen LogP contribution >= 0.6 is 0 Å². The lowest BCUT2D eigenvalue weighted by atomic mass is 10.3. The van der Waals surface area contributed by atoms with E-state index in [9.17, 15) is 0 Å². The van der Waals surface area contributed by atoms with Crippen LogP contribution in [0.25, 0.3) is 0 Å². The van der Waals surface area contributed by atoms with Crippen molar-refractivity contribution in [3.63, 3.8) is 0 Å². The van der Waals surface area contributed by atoms with E-state index in [-0.39, 0.29) is 0 Å². The van der Waals surface area contributed by atoms with Crippen LogP contribution in [-0.4, -0.2) is 111 Å². The van der Waals surface area contributed by atoms with E-state index in [2.05, 4.69) is 37.3 Å². The van der Waals surface area contributed by atoms with E-state index in [1.54, 1.807) is 0 Å². The first-order valence-electron chi connectivity index (χ1n) is 7.72. The van der Waals surface area contributed by atoms with Crippen LogP contribution in [0.5, 0.6) is 0 Å². The van der Waals surface area contributed by atoms with Crippen LogP contribution in [0, 0.1) is 0 Å². The minimum Gasteiger partial charge on any atom is -0.314 e. The third-order valence-corrected chi connectivity index (χ3v) is 4.61. The number of nitrogens with one attached hydrogen (secondary N) is 1. The second-order valence-electron chi connectivity index (χ2n) is 5.87. The van der Waals surface area contributed by atoms with Gasteiger partial charge < -0.3 is 10.2 Å². The SMILES string of the molecule is CN1CCN(N2CCN(N3CCNCC3)CC2)CC1. The summed E-state index contributed by atoms with van der Waals surface area (Å²) in [6.07, 6.45) is 0. The smallest absolute Gasteiger partial charge is 0.0275 e. The Morgan fingerprint density at radius 2 is 0.895 bits per heavy atom. The maximum atomic E-state index is 3.43. The zero-order valence-corrected chi connectivity index (χ0v) is 12.2. The molecule has 0 unspecified atom stereocenters. The largest absolute Gasteiger partial charge is 0.314 e. The number of hydrogen-bond donors (Lipinski definition) is 1. The molecule has 0 aromatic carbocycles. The fourth-order valence-corrected chi connectivity index (χ4v) is 3.27. The molecule has 0 saturated carbocycles. The fraction of sp³-hybridized carbons (Fsp3) is 1.00. The van der Waals surface area contributed by atoms with E-state index in [1.807, 2.05) is 0 Å². The van der Waals surface area contributed by atoms with Crippen LogP contribution in [0.15, 0.2) is 0 Å². The Morgan fingerprint density at radius 1 is 0.526 bits per heavy atom. The number of hydrogen-bond acceptors (Lipinski definition) is 6.